The number of pyridine rings is 1. The van der Waals surface area contributed by atoms with E-state index in [4.69, 9.17) is 9.84 Å². The Bertz CT molecular complexity index is 748. The molecule has 3 rings (SSSR count). The maximum atomic E-state index is 11.4. The predicted molar refractivity (Wildman–Crippen MR) is 82.0 cm³/mol. The minimum absolute atomic E-state index is 0.239. The molecule has 6 N–H and O–H groups in total. The number of aromatic nitrogens is 1. The quantitative estimate of drug-likeness (QED) is 0.415. The monoisotopic (exact) mass is 322 g/mol. The lowest BCUT2D eigenvalue weighted by atomic mass is 9.97. The van der Waals surface area contributed by atoms with Crippen LogP contribution in [0.15, 0.2) is 35.1 Å². The van der Waals surface area contributed by atoms with Crippen LogP contribution < -0.4 is 10.9 Å². The van der Waals surface area contributed by atoms with E-state index < -0.39 is 37.3 Å². The van der Waals surface area contributed by atoms with Gasteiger partial charge in [0.1, 0.15) is 24.4 Å². The molecule has 5 atom stereocenters. The average molecular weight is 322 g/mol. The molecule has 0 bridgehead atoms. The molecule has 2 aromatic rings. The van der Waals surface area contributed by atoms with Gasteiger partial charge in [-0.1, -0.05) is 6.07 Å². The highest BCUT2D eigenvalue weighted by Gasteiger charge is 2.43. The van der Waals surface area contributed by atoms with Gasteiger partial charge in [0.2, 0.25) is 5.56 Å². The van der Waals surface area contributed by atoms with Gasteiger partial charge in [-0.2, -0.15) is 0 Å². The highest BCUT2D eigenvalue weighted by Crippen LogP contribution is 2.24. The third-order valence-corrected chi connectivity index (χ3v) is 3.96. The van der Waals surface area contributed by atoms with Gasteiger partial charge >= 0.3 is 0 Å². The molecule has 2 heterocycles. The maximum Gasteiger partial charge on any atom is 0.248 e. The zero-order valence-electron chi connectivity index (χ0n) is 12.1. The van der Waals surface area contributed by atoms with Gasteiger partial charge in [0.05, 0.1) is 12.1 Å². The summed E-state index contributed by atoms with van der Waals surface area (Å²) in [5.74, 6) is 0. The van der Waals surface area contributed by atoms with Crippen molar-refractivity contribution in [2.75, 3.05) is 11.9 Å². The minimum atomic E-state index is -1.41. The number of hydrogen-bond donors (Lipinski definition) is 6. The highest BCUT2D eigenvalue weighted by molar-refractivity contribution is 5.81. The fraction of sp³-hybridized carbons (Fsp3) is 0.400. The summed E-state index contributed by atoms with van der Waals surface area (Å²) in [6, 6.07) is 7.25. The van der Waals surface area contributed by atoms with E-state index in [-0.39, 0.29) is 5.56 Å². The molecule has 0 radical (unpaired) electrons. The van der Waals surface area contributed by atoms with Gasteiger partial charge in [0.25, 0.3) is 0 Å². The molecule has 124 valence electrons. The lowest BCUT2D eigenvalue weighted by Gasteiger charge is -2.40. The van der Waals surface area contributed by atoms with Crippen molar-refractivity contribution in [3.8, 4) is 0 Å². The third kappa shape index (κ3) is 3.07. The summed E-state index contributed by atoms with van der Waals surface area (Å²) >= 11 is 0. The van der Waals surface area contributed by atoms with Gasteiger partial charge in [0.15, 0.2) is 6.29 Å². The lowest BCUT2D eigenvalue weighted by molar-refractivity contribution is -0.245. The molecular weight excluding hydrogens is 304 g/mol. The topological polar surface area (TPSA) is 135 Å². The van der Waals surface area contributed by atoms with Gasteiger partial charge in [-0.25, -0.2) is 0 Å². The number of rotatable bonds is 3. The minimum Gasteiger partial charge on any atom is -0.394 e. The second kappa shape index (κ2) is 6.26. The standard InChI is InChI=1S/C15H18N2O6/c18-6-10-13(20)14(21)12(15(22)23-10)16-8-3-1-7-2-4-11(19)17-9(7)5-8/h1-5,10,12-16,18,20-22H,6H2,(H,17,19)/t10?,12?,13-,14?,15-/m1/s1. The summed E-state index contributed by atoms with van der Waals surface area (Å²) in [4.78, 5) is 14.0. The highest BCUT2D eigenvalue weighted by atomic mass is 16.6. The second-order valence-corrected chi connectivity index (χ2v) is 5.52. The van der Waals surface area contributed by atoms with Crippen molar-refractivity contribution >= 4 is 16.6 Å². The van der Waals surface area contributed by atoms with Crippen LogP contribution in [0.25, 0.3) is 10.9 Å². The van der Waals surface area contributed by atoms with Crippen LogP contribution in [-0.4, -0.2) is 62.7 Å². The van der Waals surface area contributed by atoms with Crippen molar-refractivity contribution in [2.24, 2.45) is 0 Å². The van der Waals surface area contributed by atoms with Crippen molar-refractivity contribution in [3.63, 3.8) is 0 Å². The first-order chi connectivity index (χ1) is 11.0. The molecule has 3 unspecified atom stereocenters. The number of ether oxygens (including phenoxy) is 1. The summed E-state index contributed by atoms with van der Waals surface area (Å²) < 4.78 is 5.08. The number of aliphatic hydroxyl groups excluding tert-OH is 4. The van der Waals surface area contributed by atoms with E-state index in [0.29, 0.717) is 11.2 Å². The van der Waals surface area contributed by atoms with Crippen LogP contribution in [0.3, 0.4) is 0 Å². The first-order valence-electron chi connectivity index (χ1n) is 7.20. The van der Waals surface area contributed by atoms with Gasteiger partial charge in [-0.15, -0.1) is 0 Å². The molecular formula is C15H18N2O6. The van der Waals surface area contributed by atoms with Gasteiger partial charge in [-0.05, 0) is 23.6 Å². The normalized spacial score (nSPS) is 31.2. The number of aromatic amines is 1. The summed E-state index contributed by atoms with van der Waals surface area (Å²) in [6.07, 6.45) is -5.12. The number of nitrogens with one attached hydrogen (secondary N) is 2. The number of aliphatic hydroxyl groups is 4. The average Bonchev–Trinajstić information content (AvgIpc) is 2.54. The molecule has 8 nitrogen and oxygen atoms in total. The molecule has 1 aromatic carbocycles. The summed E-state index contributed by atoms with van der Waals surface area (Å²) in [6.45, 7) is -0.515. The molecule has 8 heteroatoms. The van der Waals surface area contributed by atoms with Gasteiger partial charge in [-0.3, -0.25) is 4.79 Å². The number of fused-ring (bicyclic) bond motifs is 1. The van der Waals surface area contributed by atoms with Crippen LogP contribution in [0, 0.1) is 0 Å². The molecule has 1 aliphatic heterocycles. The first kappa shape index (κ1) is 15.9. The van der Waals surface area contributed by atoms with E-state index in [1.807, 2.05) is 0 Å². The van der Waals surface area contributed by atoms with E-state index in [9.17, 15) is 20.1 Å². The molecule has 0 saturated carbocycles. The van der Waals surface area contributed by atoms with Crippen LogP contribution in [-0.2, 0) is 4.74 Å². The summed E-state index contributed by atoms with van der Waals surface area (Å²) in [5.41, 5.74) is 0.884. The van der Waals surface area contributed by atoms with Crippen molar-refractivity contribution in [1.29, 1.82) is 0 Å². The van der Waals surface area contributed by atoms with E-state index in [2.05, 4.69) is 10.3 Å². The number of anilines is 1. The molecule has 0 aliphatic carbocycles. The number of H-pyrrole nitrogens is 1. The van der Waals surface area contributed by atoms with Gasteiger partial charge in [0, 0.05) is 11.8 Å². The fourth-order valence-electron chi connectivity index (χ4n) is 2.68. The Morgan fingerprint density at radius 2 is 1.87 bits per heavy atom. The van der Waals surface area contributed by atoms with Crippen molar-refractivity contribution in [2.45, 2.75) is 30.6 Å². The lowest BCUT2D eigenvalue weighted by Crippen LogP contribution is -2.61. The number of hydrogen-bond acceptors (Lipinski definition) is 7. The first-order valence-corrected chi connectivity index (χ1v) is 7.20. The zero-order chi connectivity index (χ0) is 16.6. The molecule has 1 aromatic heterocycles. The molecule has 0 amide bonds. The summed E-state index contributed by atoms with van der Waals surface area (Å²) in [7, 11) is 0. The third-order valence-electron chi connectivity index (χ3n) is 3.96. The van der Waals surface area contributed by atoms with Crippen LogP contribution in [0.5, 0.6) is 0 Å². The maximum absolute atomic E-state index is 11.4. The Balaban J connectivity index is 1.84. The second-order valence-electron chi connectivity index (χ2n) is 5.52. The Morgan fingerprint density at radius 3 is 2.61 bits per heavy atom. The van der Waals surface area contributed by atoms with E-state index in [1.165, 1.54) is 6.07 Å². The smallest absolute Gasteiger partial charge is 0.248 e. The Morgan fingerprint density at radius 1 is 1.13 bits per heavy atom. The number of benzene rings is 1. The van der Waals surface area contributed by atoms with E-state index in [0.717, 1.165) is 5.39 Å². The molecule has 1 fully saturated rings. The van der Waals surface area contributed by atoms with Crippen LogP contribution in [0.4, 0.5) is 5.69 Å². The van der Waals surface area contributed by atoms with Crippen LogP contribution in [0.2, 0.25) is 0 Å². The van der Waals surface area contributed by atoms with Crippen molar-refractivity contribution < 1.29 is 25.2 Å². The van der Waals surface area contributed by atoms with Crippen LogP contribution in [0.1, 0.15) is 0 Å². The fourth-order valence-corrected chi connectivity index (χ4v) is 2.68. The van der Waals surface area contributed by atoms with Crippen LogP contribution >= 0.6 is 0 Å². The summed E-state index contributed by atoms with van der Waals surface area (Å²) in [5, 5.41) is 42.7. The molecule has 23 heavy (non-hydrogen) atoms. The Labute approximate surface area is 131 Å². The van der Waals surface area contributed by atoms with Crippen molar-refractivity contribution in [3.05, 3.63) is 40.7 Å². The molecule has 0 spiro atoms. The molecule has 1 aliphatic rings. The Kier molecular flexibility index (Phi) is 4.33. The van der Waals surface area contributed by atoms with E-state index >= 15 is 0 Å². The Hall–Kier alpha value is -1.97. The van der Waals surface area contributed by atoms with Crippen molar-refractivity contribution in [1.82, 2.24) is 4.98 Å². The zero-order valence-corrected chi connectivity index (χ0v) is 12.1. The van der Waals surface area contributed by atoms with E-state index in [1.54, 1.807) is 24.3 Å². The molecule has 1 saturated heterocycles. The SMILES string of the molecule is O=c1ccc2ccc(NC3C(O)[C@H](O)C(CO)O[C@H]3O)cc2[nH]1. The van der Waals surface area contributed by atoms with Gasteiger partial charge < -0.3 is 35.5 Å². The predicted octanol–water partition coefficient (Wildman–Crippen LogP) is -1.26. The largest absolute Gasteiger partial charge is 0.394 e.